The van der Waals surface area contributed by atoms with E-state index in [2.05, 4.69) is 114 Å². The molecule has 6 heteroatoms. The zero-order valence-corrected chi connectivity index (χ0v) is 27.4. The SMILES string of the molecule is CC(C)c1cccc(C(C)C)c1NCCN(C)CCNc1c(C(C)C)cccc1C(C)C.[Cl-].[Cl-].[Re+2]. The van der Waals surface area contributed by atoms with Crippen molar-refractivity contribution in [3.8, 4) is 0 Å². The molecule has 2 rings (SSSR count). The van der Waals surface area contributed by atoms with Crippen molar-refractivity contribution < 1.29 is 45.2 Å². The molecule has 0 saturated heterocycles. The van der Waals surface area contributed by atoms with Crippen molar-refractivity contribution in [3.05, 3.63) is 58.7 Å². The van der Waals surface area contributed by atoms with Crippen LogP contribution in [0.4, 0.5) is 11.4 Å². The van der Waals surface area contributed by atoms with Gasteiger partial charge in [0.15, 0.2) is 0 Å². The number of benzene rings is 2. The Kier molecular flexibility index (Phi) is 18.4. The summed E-state index contributed by atoms with van der Waals surface area (Å²) in [5, 5.41) is 7.54. The van der Waals surface area contributed by atoms with E-state index in [1.165, 1.54) is 33.6 Å². The Balaban J connectivity index is 0. The van der Waals surface area contributed by atoms with Crippen LogP contribution in [-0.2, 0) is 20.4 Å². The number of rotatable bonds is 12. The second-order valence-corrected chi connectivity index (χ2v) is 10.4. The van der Waals surface area contributed by atoms with Crippen LogP contribution in [-0.4, -0.2) is 38.1 Å². The van der Waals surface area contributed by atoms with Crippen molar-refractivity contribution in [2.45, 2.75) is 79.1 Å². The van der Waals surface area contributed by atoms with Crippen LogP contribution in [0.3, 0.4) is 0 Å². The maximum Gasteiger partial charge on any atom is 2.00 e. The van der Waals surface area contributed by atoms with Crippen LogP contribution in [0, 0.1) is 0 Å². The first-order valence-corrected chi connectivity index (χ1v) is 12.5. The molecular weight excluding hydrogens is 647 g/mol. The molecule has 0 spiro atoms. The molecule has 0 aliphatic rings. The molecule has 2 aromatic carbocycles. The van der Waals surface area contributed by atoms with E-state index in [4.69, 9.17) is 0 Å². The van der Waals surface area contributed by atoms with Crippen molar-refractivity contribution in [3.63, 3.8) is 0 Å². The summed E-state index contributed by atoms with van der Waals surface area (Å²) in [4.78, 5) is 2.42. The van der Waals surface area contributed by atoms with Crippen molar-refractivity contribution in [2.24, 2.45) is 0 Å². The molecule has 2 N–H and O–H groups in total. The van der Waals surface area contributed by atoms with Crippen LogP contribution in [0.1, 0.15) is 101 Å². The monoisotopic (exact) mass is 694 g/mol. The van der Waals surface area contributed by atoms with Gasteiger partial charge in [-0.15, -0.1) is 0 Å². The molecule has 0 aromatic heterocycles. The second-order valence-electron chi connectivity index (χ2n) is 10.4. The first kappa shape index (κ1) is 36.4. The minimum Gasteiger partial charge on any atom is -1.00 e. The fraction of sp³-hybridized carbons (Fsp3) is 0.586. The number of hydrogen-bond donors (Lipinski definition) is 2. The number of nitrogens with zero attached hydrogens (tertiary/aromatic N) is 1. The summed E-state index contributed by atoms with van der Waals surface area (Å²) in [7, 11) is 2.22. The molecule has 35 heavy (non-hydrogen) atoms. The third-order valence-corrected chi connectivity index (χ3v) is 6.34. The zero-order valence-electron chi connectivity index (χ0n) is 23.2. The van der Waals surface area contributed by atoms with Gasteiger partial charge in [0.1, 0.15) is 0 Å². The molecule has 0 saturated carbocycles. The molecule has 199 valence electrons. The Labute approximate surface area is 242 Å². The molecule has 0 fully saturated rings. The van der Waals surface area contributed by atoms with Gasteiger partial charge in [-0.25, -0.2) is 0 Å². The van der Waals surface area contributed by atoms with E-state index >= 15 is 0 Å². The first-order valence-electron chi connectivity index (χ1n) is 12.5. The summed E-state index contributed by atoms with van der Waals surface area (Å²) in [5.74, 6) is 2.09. The Hall–Kier alpha value is -0.758. The van der Waals surface area contributed by atoms with Gasteiger partial charge in [-0.1, -0.05) is 91.8 Å². The molecule has 0 bridgehead atoms. The van der Waals surface area contributed by atoms with Gasteiger partial charge in [-0.05, 0) is 53.0 Å². The summed E-state index contributed by atoms with van der Waals surface area (Å²) < 4.78 is 0. The molecule has 0 atom stereocenters. The molecule has 0 unspecified atom stereocenters. The van der Waals surface area contributed by atoms with E-state index in [0.717, 1.165) is 26.2 Å². The summed E-state index contributed by atoms with van der Waals surface area (Å²) in [6, 6.07) is 13.5. The number of halogens is 2. The van der Waals surface area contributed by atoms with Crippen molar-refractivity contribution in [2.75, 3.05) is 43.9 Å². The third-order valence-electron chi connectivity index (χ3n) is 6.34. The standard InChI is InChI=1S/C29H47N3.2ClH.Re/c1-20(2)24-12-10-13-25(21(3)4)28(24)30-16-18-32(9)19-17-31-29-26(22(5)6)14-11-15-27(29)23(7)8;;;/h10-15,20-23,30-31H,16-19H2,1-9H3;2*1H;/q;;;+2/p-2. The largest absolute Gasteiger partial charge is 2.00 e. The van der Waals surface area contributed by atoms with Gasteiger partial charge in [0.25, 0.3) is 0 Å². The van der Waals surface area contributed by atoms with Crippen LogP contribution < -0.4 is 35.4 Å². The summed E-state index contributed by atoms with van der Waals surface area (Å²) in [5.41, 5.74) is 8.38. The fourth-order valence-corrected chi connectivity index (χ4v) is 4.37. The zero-order chi connectivity index (χ0) is 23.8. The molecule has 3 nitrogen and oxygen atoms in total. The summed E-state index contributed by atoms with van der Waals surface area (Å²) in [6.07, 6.45) is 0. The normalized spacial score (nSPS) is 10.9. The number of para-hydroxylation sites is 2. The van der Waals surface area contributed by atoms with Crippen molar-refractivity contribution in [1.82, 2.24) is 4.90 Å². The summed E-state index contributed by atoms with van der Waals surface area (Å²) >= 11 is 0. The Bertz CT molecular complexity index is 732. The Morgan fingerprint density at radius 2 is 0.829 bits per heavy atom. The van der Waals surface area contributed by atoms with Gasteiger partial charge >= 0.3 is 20.4 Å². The predicted molar refractivity (Wildman–Crippen MR) is 144 cm³/mol. The van der Waals surface area contributed by atoms with Crippen molar-refractivity contribution in [1.29, 1.82) is 0 Å². The number of anilines is 2. The minimum absolute atomic E-state index is 0. The number of hydrogen-bond acceptors (Lipinski definition) is 3. The van der Waals surface area contributed by atoms with E-state index in [1.807, 2.05) is 0 Å². The van der Waals surface area contributed by atoms with Gasteiger partial charge in [0, 0.05) is 37.6 Å². The van der Waals surface area contributed by atoms with Crippen LogP contribution in [0.5, 0.6) is 0 Å². The maximum atomic E-state index is 3.77. The molecule has 0 aliphatic heterocycles. The van der Waals surface area contributed by atoms with Crippen LogP contribution >= 0.6 is 0 Å². The van der Waals surface area contributed by atoms with Crippen LogP contribution in [0.25, 0.3) is 0 Å². The molecule has 0 aliphatic carbocycles. The number of nitrogens with one attached hydrogen (secondary N) is 2. The van der Waals surface area contributed by atoms with Crippen LogP contribution in [0.15, 0.2) is 36.4 Å². The average molecular weight is 695 g/mol. The molecule has 0 amide bonds. The quantitative estimate of drug-likeness (QED) is 0.354. The van der Waals surface area contributed by atoms with Gasteiger partial charge in [0.2, 0.25) is 0 Å². The first-order chi connectivity index (χ1) is 15.1. The molecule has 1 radical (unpaired) electrons. The Morgan fingerprint density at radius 1 is 0.571 bits per heavy atom. The van der Waals surface area contributed by atoms with Crippen molar-refractivity contribution >= 4 is 11.4 Å². The number of likely N-dealkylation sites (N-methyl/N-ethyl adjacent to an activating group) is 1. The van der Waals surface area contributed by atoms with Gasteiger partial charge in [0.05, 0.1) is 0 Å². The minimum atomic E-state index is 0. The second kappa shape index (κ2) is 17.7. The maximum absolute atomic E-state index is 3.77. The third kappa shape index (κ3) is 10.6. The van der Waals surface area contributed by atoms with Crippen LogP contribution in [0.2, 0.25) is 0 Å². The topological polar surface area (TPSA) is 27.3 Å². The van der Waals surface area contributed by atoms with E-state index in [9.17, 15) is 0 Å². The smallest absolute Gasteiger partial charge is 1.00 e. The van der Waals surface area contributed by atoms with Gasteiger partial charge < -0.3 is 40.3 Å². The summed E-state index contributed by atoms with van der Waals surface area (Å²) in [6.45, 7) is 22.2. The van der Waals surface area contributed by atoms with E-state index < -0.39 is 0 Å². The van der Waals surface area contributed by atoms with Gasteiger partial charge in [-0.3, -0.25) is 0 Å². The van der Waals surface area contributed by atoms with E-state index in [1.54, 1.807) is 0 Å². The molecule has 2 aromatic rings. The Morgan fingerprint density at radius 3 is 1.06 bits per heavy atom. The fourth-order valence-electron chi connectivity index (χ4n) is 4.37. The van der Waals surface area contributed by atoms with E-state index in [-0.39, 0.29) is 45.2 Å². The van der Waals surface area contributed by atoms with Gasteiger partial charge in [-0.2, -0.15) is 0 Å². The van der Waals surface area contributed by atoms with E-state index in [0.29, 0.717) is 23.7 Å². The molecule has 0 heterocycles. The molecular formula is C29H47Cl2N3Re. The average Bonchev–Trinajstić information content (AvgIpc) is 2.73. The predicted octanol–water partition coefficient (Wildman–Crippen LogP) is 1.64.